The van der Waals surface area contributed by atoms with Crippen LogP contribution in [0, 0.1) is 19.7 Å². The van der Waals surface area contributed by atoms with E-state index in [0.717, 1.165) is 11.1 Å². The van der Waals surface area contributed by atoms with Gasteiger partial charge in [-0.05, 0) is 61.9 Å². The van der Waals surface area contributed by atoms with Gasteiger partial charge in [0.1, 0.15) is 15.7 Å². The lowest BCUT2D eigenvalue weighted by Crippen LogP contribution is -2.13. The van der Waals surface area contributed by atoms with Crippen molar-refractivity contribution in [1.82, 2.24) is 4.98 Å². The molecule has 0 aliphatic rings. The van der Waals surface area contributed by atoms with E-state index < -0.39 is 5.97 Å². The fourth-order valence-corrected chi connectivity index (χ4v) is 3.52. The summed E-state index contributed by atoms with van der Waals surface area (Å²) in [4.78, 5) is 29.1. The Morgan fingerprint density at radius 3 is 2.44 bits per heavy atom. The number of thiazole rings is 1. The lowest BCUT2D eigenvalue weighted by molar-refractivity contribution is 0.0600. The molecule has 138 valence electrons. The Hall–Kier alpha value is -3.06. The van der Waals surface area contributed by atoms with Gasteiger partial charge >= 0.3 is 5.97 Å². The third kappa shape index (κ3) is 4.03. The number of ether oxygens (including phenoxy) is 1. The molecule has 0 unspecified atom stereocenters. The maximum Gasteiger partial charge on any atom is 0.337 e. The molecule has 3 rings (SSSR count). The summed E-state index contributed by atoms with van der Waals surface area (Å²) in [5, 5.41) is 3.49. The van der Waals surface area contributed by atoms with E-state index in [1.54, 1.807) is 44.2 Å². The monoisotopic (exact) mass is 384 g/mol. The number of nitrogens with one attached hydrogen (secondary N) is 1. The number of aromatic nitrogens is 1. The van der Waals surface area contributed by atoms with Gasteiger partial charge in [-0.1, -0.05) is 0 Å². The number of nitrogens with zero attached hydrogens (tertiary/aromatic N) is 1. The molecular weight excluding hydrogens is 367 g/mol. The molecular formula is C20H17FN2O3S. The lowest BCUT2D eigenvalue weighted by Gasteiger charge is -2.09. The van der Waals surface area contributed by atoms with Gasteiger partial charge < -0.3 is 10.1 Å². The number of carbonyl (C=O) groups excluding carboxylic acids is 2. The third-order valence-electron chi connectivity index (χ3n) is 3.99. The Morgan fingerprint density at radius 1 is 1.11 bits per heavy atom. The summed E-state index contributed by atoms with van der Waals surface area (Å²) in [5.74, 6) is -1.04. The van der Waals surface area contributed by atoms with Crippen molar-refractivity contribution in [3.05, 3.63) is 70.0 Å². The number of methoxy groups -OCH3 is 1. The molecule has 0 aliphatic carbocycles. The molecule has 3 aromatic rings. The first-order valence-corrected chi connectivity index (χ1v) is 8.94. The summed E-state index contributed by atoms with van der Waals surface area (Å²) in [6, 6.07) is 10.9. The molecule has 27 heavy (non-hydrogen) atoms. The highest BCUT2D eigenvalue weighted by Crippen LogP contribution is 2.29. The molecule has 7 heteroatoms. The Morgan fingerprint density at radius 2 is 1.81 bits per heavy atom. The number of halogens is 1. The minimum absolute atomic E-state index is 0.285. The average Bonchev–Trinajstić information content (AvgIpc) is 3.05. The molecule has 0 aliphatic heterocycles. The van der Waals surface area contributed by atoms with Crippen LogP contribution in [0.1, 0.15) is 31.3 Å². The van der Waals surface area contributed by atoms with Crippen molar-refractivity contribution < 1.29 is 18.7 Å². The van der Waals surface area contributed by atoms with Crippen LogP contribution in [0.5, 0.6) is 0 Å². The highest BCUT2D eigenvalue weighted by Gasteiger charge is 2.17. The topological polar surface area (TPSA) is 68.3 Å². The second kappa shape index (κ2) is 7.67. The van der Waals surface area contributed by atoms with Gasteiger partial charge in [0.2, 0.25) is 0 Å². The average molecular weight is 384 g/mol. The maximum atomic E-state index is 13.1. The highest BCUT2D eigenvalue weighted by atomic mass is 32.1. The number of hydrogen-bond donors (Lipinski definition) is 1. The Labute approximate surface area is 159 Å². The van der Waals surface area contributed by atoms with Gasteiger partial charge in [-0.25, -0.2) is 14.2 Å². The van der Waals surface area contributed by atoms with Gasteiger partial charge in [-0.2, -0.15) is 0 Å². The van der Waals surface area contributed by atoms with Gasteiger partial charge in [0.05, 0.1) is 18.4 Å². The van der Waals surface area contributed by atoms with E-state index in [9.17, 15) is 14.0 Å². The second-order valence-corrected chi connectivity index (χ2v) is 6.91. The van der Waals surface area contributed by atoms with Gasteiger partial charge in [-0.15, -0.1) is 11.3 Å². The van der Waals surface area contributed by atoms with E-state index >= 15 is 0 Å². The van der Waals surface area contributed by atoms with Crippen molar-refractivity contribution in [2.75, 3.05) is 12.4 Å². The minimum Gasteiger partial charge on any atom is -0.465 e. The van der Waals surface area contributed by atoms with Gasteiger partial charge in [0.25, 0.3) is 5.91 Å². The molecule has 0 spiro atoms. The van der Waals surface area contributed by atoms with Crippen LogP contribution >= 0.6 is 11.3 Å². The first-order chi connectivity index (χ1) is 12.9. The fraction of sp³-hybridized carbons (Fsp3) is 0.150. The molecule has 0 saturated heterocycles. The van der Waals surface area contributed by atoms with Crippen LogP contribution in [-0.4, -0.2) is 24.0 Å². The molecule has 1 heterocycles. The van der Waals surface area contributed by atoms with Crippen LogP contribution in [0.25, 0.3) is 10.6 Å². The molecule has 1 N–H and O–H groups in total. The zero-order chi connectivity index (χ0) is 19.6. The number of hydrogen-bond acceptors (Lipinski definition) is 5. The van der Waals surface area contributed by atoms with E-state index in [-0.39, 0.29) is 11.7 Å². The first-order valence-electron chi connectivity index (χ1n) is 8.12. The van der Waals surface area contributed by atoms with E-state index in [1.165, 1.54) is 30.6 Å². The smallest absolute Gasteiger partial charge is 0.337 e. The standard InChI is InChI=1S/C20H17FN2O3S/c1-11-10-14(20(25)26-3)6-9-16(11)23-18(24)17-12(2)22-19(27-17)13-4-7-15(21)8-5-13/h4-10H,1-3H3,(H,23,24). The van der Waals surface area contributed by atoms with E-state index in [4.69, 9.17) is 4.74 Å². The molecule has 0 atom stereocenters. The summed E-state index contributed by atoms with van der Waals surface area (Å²) < 4.78 is 17.8. The zero-order valence-corrected chi connectivity index (χ0v) is 15.8. The summed E-state index contributed by atoms with van der Waals surface area (Å²) in [6.07, 6.45) is 0. The largest absolute Gasteiger partial charge is 0.465 e. The van der Waals surface area contributed by atoms with Crippen molar-refractivity contribution >= 4 is 28.9 Å². The van der Waals surface area contributed by atoms with Crippen LogP contribution < -0.4 is 5.32 Å². The summed E-state index contributed by atoms with van der Waals surface area (Å²) in [5.41, 5.74) is 3.11. The molecule has 1 aromatic heterocycles. The van der Waals surface area contributed by atoms with Crippen LogP contribution in [0.4, 0.5) is 10.1 Å². The van der Waals surface area contributed by atoms with E-state index in [2.05, 4.69) is 10.3 Å². The number of aryl methyl sites for hydroxylation is 2. The van der Waals surface area contributed by atoms with Gasteiger partial charge in [-0.3, -0.25) is 4.79 Å². The summed E-state index contributed by atoms with van der Waals surface area (Å²) >= 11 is 1.24. The van der Waals surface area contributed by atoms with Crippen molar-refractivity contribution in [1.29, 1.82) is 0 Å². The molecule has 0 bridgehead atoms. The van der Waals surface area contributed by atoms with Crippen molar-refractivity contribution in [2.45, 2.75) is 13.8 Å². The predicted molar refractivity (Wildman–Crippen MR) is 103 cm³/mol. The number of amides is 1. The first kappa shape index (κ1) is 18.7. The third-order valence-corrected chi connectivity index (χ3v) is 5.19. The van der Waals surface area contributed by atoms with Gasteiger partial charge in [0, 0.05) is 11.3 Å². The number of benzene rings is 2. The molecule has 2 aromatic carbocycles. The van der Waals surface area contributed by atoms with Crippen LogP contribution in [0.15, 0.2) is 42.5 Å². The predicted octanol–water partition coefficient (Wildman–Crippen LogP) is 4.60. The van der Waals surface area contributed by atoms with Gasteiger partial charge in [0.15, 0.2) is 0 Å². The lowest BCUT2D eigenvalue weighted by atomic mass is 10.1. The zero-order valence-electron chi connectivity index (χ0n) is 15.0. The number of anilines is 1. The molecule has 0 radical (unpaired) electrons. The molecule has 0 saturated carbocycles. The Balaban J connectivity index is 1.82. The van der Waals surface area contributed by atoms with Crippen molar-refractivity contribution in [2.24, 2.45) is 0 Å². The number of rotatable bonds is 4. The highest BCUT2D eigenvalue weighted by molar-refractivity contribution is 7.17. The molecule has 0 fully saturated rings. The van der Waals surface area contributed by atoms with E-state index in [1.807, 2.05) is 0 Å². The van der Waals surface area contributed by atoms with E-state index in [0.29, 0.717) is 26.8 Å². The normalized spacial score (nSPS) is 10.5. The Kier molecular flexibility index (Phi) is 5.32. The van der Waals surface area contributed by atoms with Crippen molar-refractivity contribution in [3.8, 4) is 10.6 Å². The fourth-order valence-electron chi connectivity index (χ4n) is 2.55. The number of carbonyl (C=O) groups is 2. The Bertz CT molecular complexity index is 1010. The number of esters is 1. The summed E-state index contributed by atoms with van der Waals surface area (Å²) in [6.45, 7) is 3.55. The second-order valence-electron chi connectivity index (χ2n) is 5.92. The van der Waals surface area contributed by atoms with Crippen LogP contribution in [0.3, 0.4) is 0 Å². The SMILES string of the molecule is COC(=O)c1ccc(NC(=O)c2sc(-c3ccc(F)cc3)nc2C)c(C)c1. The maximum absolute atomic E-state index is 13.1. The summed E-state index contributed by atoms with van der Waals surface area (Å²) in [7, 11) is 1.32. The van der Waals surface area contributed by atoms with Crippen LogP contribution in [0.2, 0.25) is 0 Å². The quantitative estimate of drug-likeness (QED) is 0.667. The van der Waals surface area contributed by atoms with Crippen LogP contribution in [-0.2, 0) is 4.74 Å². The molecule has 5 nitrogen and oxygen atoms in total. The van der Waals surface area contributed by atoms with Crippen molar-refractivity contribution in [3.63, 3.8) is 0 Å². The molecule has 1 amide bonds. The minimum atomic E-state index is -0.432.